The van der Waals surface area contributed by atoms with E-state index in [1.807, 2.05) is 14.1 Å². The van der Waals surface area contributed by atoms with Crippen LogP contribution in [0.1, 0.15) is 12.2 Å². The first kappa shape index (κ1) is 28.2. The molecule has 1 aliphatic heterocycles. The number of anilines is 1. The number of imidazole rings is 1. The number of thiophene rings is 1. The van der Waals surface area contributed by atoms with Crippen LogP contribution in [0.4, 0.5) is 10.1 Å². The molecule has 10 nitrogen and oxygen atoms in total. The molecule has 0 aliphatic carbocycles. The Kier molecular flexibility index (Phi) is 7.44. The van der Waals surface area contributed by atoms with Gasteiger partial charge < -0.3 is 15.1 Å². The highest BCUT2D eigenvalue weighted by atomic mass is 35.5. The Hall–Kier alpha value is -3.36. The van der Waals surface area contributed by atoms with Gasteiger partial charge in [0.25, 0.3) is 15.9 Å². The Morgan fingerprint density at radius 2 is 2.02 bits per heavy atom. The van der Waals surface area contributed by atoms with Gasteiger partial charge in [0.05, 0.1) is 19.8 Å². The molecular formula is C26H27ClFN6O4S2+. The van der Waals surface area contributed by atoms with E-state index in [0.29, 0.717) is 27.8 Å². The largest absolute Gasteiger partial charge is 0.365 e. The van der Waals surface area contributed by atoms with Crippen molar-refractivity contribution in [3.05, 3.63) is 71.5 Å². The van der Waals surface area contributed by atoms with E-state index in [2.05, 4.69) is 9.71 Å². The number of carbonyl (C=O) groups excluding carboxylic acids is 2. The maximum absolute atomic E-state index is 15.3. The number of rotatable bonds is 9. The number of nitrogens with one attached hydrogen (secondary N) is 1. The minimum Gasteiger partial charge on any atom is -0.365 e. The van der Waals surface area contributed by atoms with Gasteiger partial charge in [-0.2, -0.15) is 4.72 Å². The number of aromatic nitrogens is 2. The van der Waals surface area contributed by atoms with Crippen molar-refractivity contribution >= 4 is 60.5 Å². The first-order chi connectivity index (χ1) is 18.8. The third kappa shape index (κ3) is 5.74. The number of fused-ring (bicyclic) bond motifs is 1. The molecule has 5 rings (SSSR count). The fourth-order valence-corrected chi connectivity index (χ4v) is 7.71. The predicted octanol–water partition coefficient (Wildman–Crippen LogP) is 3.03. The lowest BCUT2D eigenvalue weighted by molar-refractivity contribution is -0.896. The summed E-state index contributed by atoms with van der Waals surface area (Å²) >= 11 is 7.07. The van der Waals surface area contributed by atoms with Crippen LogP contribution in [-0.2, 0) is 26.2 Å². The Bertz CT molecular complexity index is 1740. The normalized spacial score (nSPS) is 16.2. The van der Waals surface area contributed by atoms with Crippen molar-refractivity contribution in [2.24, 2.45) is 5.73 Å². The van der Waals surface area contributed by atoms with Crippen molar-refractivity contribution in [1.29, 1.82) is 0 Å². The van der Waals surface area contributed by atoms with Crippen molar-refractivity contribution in [3.63, 3.8) is 0 Å². The number of carbonyl (C=O) groups is 2. The fourth-order valence-electron chi connectivity index (χ4n) is 4.80. The first-order valence-corrected chi connectivity index (χ1v) is 15.0. The van der Waals surface area contributed by atoms with Crippen LogP contribution in [0.2, 0.25) is 5.02 Å². The number of halogens is 2. The van der Waals surface area contributed by atoms with Gasteiger partial charge >= 0.3 is 0 Å². The monoisotopic (exact) mass is 605 g/mol. The van der Waals surface area contributed by atoms with Crippen LogP contribution in [0.15, 0.2) is 59.1 Å². The van der Waals surface area contributed by atoms with Crippen molar-refractivity contribution < 1.29 is 26.9 Å². The number of amides is 2. The predicted molar refractivity (Wildman–Crippen MR) is 151 cm³/mol. The van der Waals surface area contributed by atoms with Gasteiger partial charge in [-0.15, -0.1) is 11.3 Å². The molecule has 0 radical (unpaired) electrons. The molecule has 3 heterocycles. The second-order valence-corrected chi connectivity index (χ2v) is 13.7. The number of quaternary nitrogens is 1. The molecule has 210 valence electrons. The van der Waals surface area contributed by atoms with Crippen molar-refractivity contribution in [3.8, 4) is 5.69 Å². The average Bonchev–Trinajstić information content (AvgIpc) is 3.57. The minimum absolute atomic E-state index is 0.0541. The maximum Gasteiger partial charge on any atom is 0.272 e. The number of benzene rings is 2. The molecule has 0 saturated carbocycles. The summed E-state index contributed by atoms with van der Waals surface area (Å²) in [5.74, 6) is -1.01. The number of hydrogen-bond donors (Lipinski definition) is 2. The van der Waals surface area contributed by atoms with E-state index in [-0.39, 0.29) is 33.9 Å². The number of hydrogen-bond acceptors (Lipinski definition) is 6. The summed E-state index contributed by atoms with van der Waals surface area (Å²) in [7, 11) is -0.306. The quantitative estimate of drug-likeness (QED) is 0.284. The van der Waals surface area contributed by atoms with Crippen molar-refractivity contribution in [2.75, 3.05) is 32.1 Å². The van der Waals surface area contributed by atoms with Gasteiger partial charge in [-0.25, -0.2) is 17.8 Å². The highest BCUT2D eigenvalue weighted by Gasteiger charge is 2.37. The summed E-state index contributed by atoms with van der Waals surface area (Å²) in [5, 5.41) is 1.23. The van der Waals surface area contributed by atoms with Crippen LogP contribution in [0.25, 0.3) is 15.8 Å². The van der Waals surface area contributed by atoms with Crippen molar-refractivity contribution in [1.82, 2.24) is 14.3 Å². The summed E-state index contributed by atoms with van der Waals surface area (Å²) < 4.78 is 46.7. The van der Waals surface area contributed by atoms with E-state index >= 15 is 4.39 Å². The number of primary amides is 1. The Balaban J connectivity index is 1.32. The third-order valence-electron chi connectivity index (χ3n) is 6.60. The zero-order chi connectivity index (χ0) is 28.8. The standard InChI is InChI=1S/C26H26ClFN6O4S2/c1-34(2,14-23(29)35)15-24-30-8-10-32(24)18-5-6-21(19(28)13-18)33-9-7-20(26(33)36)31-40(37,38)25-11-16-3-4-17(27)12-22(16)39-25/h3-6,8,10-13,20,31H,7,9,14-15H2,1-2H3,(H-,29,35)/p+1/t20-/m0/s1. The molecule has 0 bridgehead atoms. The number of nitrogens with zero attached hydrogens (tertiary/aromatic N) is 4. The van der Waals surface area contributed by atoms with Crippen LogP contribution in [0, 0.1) is 5.82 Å². The Morgan fingerprint density at radius 3 is 2.75 bits per heavy atom. The molecule has 3 N–H and O–H groups in total. The summed E-state index contributed by atoms with van der Waals surface area (Å²) in [5.41, 5.74) is 5.89. The highest BCUT2D eigenvalue weighted by Crippen LogP contribution is 2.32. The van der Waals surface area contributed by atoms with Crippen LogP contribution < -0.4 is 15.4 Å². The van der Waals surface area contributed by atoms with E-state index in [1.54, 1.807) is 41.2 Å². The molecule has 2 aromatic carbocycles. The topological polar surface area (TPSA) is 127 Å². The summed E-state index contributed by atoms with van der Waals surface area (Å²) in [6, 6.07) is 10.0. The lowest BCUT2D eigenvalue weighted by Crippen LogP contribution is -2.45. The fraction of sp³-hybridized carbons (Fsp3) is 0.269. The molecule has 2 amide bonds. The van der Waals surface area contributed by atoms with Gasteiger partial charge in [0.2, 0.25) is 5.91 Å². The first-order valence-electron chi connectivity index (χ1n) is 12.3. The van der Waals surface area contributed by atoms with Gasteiger partial charge in [-0.3, -0.25) is 14.2 Å². The highest BCUT2D eigenvalue weighted by molar-refractivity contribution is 7.91. The zero-order valence-electron chi connectivity index (χ0n) is 21.7. The molecule has 0 unspecified atom stereocenters. The maximum atomic E-state index is 15.3. The summed E-state index contributed by atoms with van der Waals surface area (Å²) in [4.78, 5) is 30.2. The van der Waals surface area contributed by atoms with Gasteiger partial charge in [0.15, 0.2) is 12.4 Å². The van der Waals surface area contributed by atoms with Gasteiger partial charge in [0, 0.05) is 40.4 Å². The third-order valence-corrected chi connectivity index (χ3v) is 9.88. The van der Waals surface area contributed by atoms with Crippen LogP contribution in [0.5, 0.6) is 0 Å². The molecule has 14 heteroatoms. The Morgan fingerprint density at radius 1 is 1.25 bits per heavy atom. The molecule has 4 aromatic rings. The lowest BCUT2D eigenvalue weighted by atomic mass is 10.2. The van der Waals surface area contributed by atoms with Gasteiger partial charge in [-0.1, -0.05) is 17.7 Å². The summed E-state index contributed by atoms with van der Waals surface area (Å²) in [6.45, 7) is 0.636. The lowest BCUT2D eigenvalue weighted by Gasteiger charge is -2.28. The van der Waals surface area contributed by atoms with Crippen LogP contribution in [0.3, 0.4) is 0 Å². The number of likely N-dealkylation sites (N-methyl/N-ethyl adjacent to an activating group) is 1. The molecule has 0 spiro atoms. The van der Waals surface area contributed by atoms with Gasteiger partial charge in [0.1, 0.15) is 22.6 Å². The zero-order valence-corrected chi connectivity index (χ0v) is 24.1. The summed E-state index contributed by atoms with van der Waals surface area (Å²) in [6.07, 6.45) is 3.45. The SMILES string of the molecule is C[N+](C)(CC(N)=O)Cc1nccn1-c1ccc(N2CC[C@H](NS(=O)(=O)c3cc4ccc(Cl)cc4s3)C2=O)c(F)c1. The smallest absolute Gasteiger partial charge is 0.272 e. The molecular weight excluding hydrogens is 579 g/mol. The second kappa shape index (κ2) is 10.6. The van der Waals surface area contributed by atoms with E-state index in [4.69, 9.17) is 17.3 Å². The Labute approximate surface area is 239 Å². The van der Waals surface area contributed by atoms with Crippen molar-refractivity contribution in [2.45, 2.75) is 23.2 Å². The molecule has 1 fully saturated rings. The van der Waals surface area contributed by atoms with Crippen LogP contribution >= 0.6 is 22.9 Å². The molecule has 40 heavy (non-hydrogen) atoms. The molecule has 2 aromatic heterocycles. The number of nitrogens with two attached hydrogens (primary N) is 1. The van der Waals surface area contributed by atoms with E-state index in [0.717, 1.165) is 16.7 Å². The van der Waals surface area contributed by atoms with E-state index in [9.17, 15) is 18.0 Å². The number of sulfonamides is 1. The molecule has 1 atom stereocenters. The van der Waals surface area contributed by atoms with E-state index < -0.39 is 33.7 Å². The van der Waals surface area contributed by atoms with Crippen LogP contribution in [-0.4, -0.2) is 67.5 Å². The average molecular weight is 606 g/mol. The van der Waals surface area contributed by atoms with E-state index in [1.165, 1.54) is 23.1 Å². The molecule has 1 saturated heterocycles. The second-order valence-electron chi connectivity index (χ2n) is 10.3. The minimum atomic E-state index is -3.99. The van der Waals surface area contributed by atoms with Gasteiger partial charge in [-0.05, 0) is 42.1 Å². The molecule has 1 aliphatic rings.